The highest BCUT2D eigenvalue weighted by atomic mass is 16.6. The van der Waals surface area contributed by atoms with Crippen LogP contribution in [0.4, 0.5) is 0 Å². The normalized spacial score (nSPS) is 10.1. The van der Waals surface area contributed by atoms with Gasteiger partial charge in [-0.25, -0.2) is 4.79 Å². The molecule has 1 aromatic rings. The molecule has 0 spiro atoms. The first kappa shape index (κ1) is 10.8. The highest BCUT2D eigenvalue weighted by molar-refractivity contribution is 5.90. The lowest BCUT2D eigenvalue weighted by molar-refractivity contribution is -0.147. The molecule has 0 heterocycles. The molecule has 0 unspecified atom stereocenters. The zero-order valence-electron chi connectivity index (χ0n) is 7.58. The summed E-state index contributed by atoms with van der Waals surface area (Å²) >= 11 is 0. The van der Waals surface area contributed by atoms with Gasteiger partial charge in [0.25, 0.3) is 0 Å². The van der Waals surface area contributed by atoms with Gasteiger partial charge < -0.3 is 14.9 Å². The molecule has 0 fully saturated rings. The van der Waals surface area contributed by atoms with Gasteiger partial charge in [0.2, 0.25) is 0 Å². The molecule has 0 atom stereocenters. The summed E-state index contributed by atoms with van der Waals surface area (Å²) in [5.41, 5.74) is 0.494. The van der Waals surface area contributed by atoms with E-state index in [0.29, 0.717) is 5.56 Å². The van der Waals surface area contributed by atoms with Gasteiger partial charge >= 0.3 is 12.4 Å². The Balaban J connectivity index is 2.76. The molecular weight excluding hydrogens is 200 g/mol. The van der Waals surface area contributed by atoms with E-state index in [4.69, 9.17) is 10.2 Å². The molecule has 2 N–H and O–H groups in total. The minimum absolute atomic E-state index is 0.0287. The van der Waals surface area contributed by atoms with Gasteiger partial charge in [-0.05, 0) is 23.8 Å². The summed E-state index contributed by atoms with van der Waals surface area (Å²) < 4.78 is 4.00. The summed E-state index contributed by atoms with van der Waals surface area (Å²) in [4.78, 5) is 20.5. The van der Waals surface area contributed by atoms with Gasteiger partial charge in [-0.1, -0.05) is 6.07 Å². The number of rotatable bonds is 3. The number of phenols is 2. The van der Waals surface area contributed by atoms with Gasteiger partial charge in [0, 0.05) is 6.08 Å². The number of carbonyl (C=O) groups is 2. The smallest absolute Gasteiger partial charge is 0.338 e. The maximum atomic E-state index is 10.7. The van der Waals surface area contributed by atoms with Crippen molar-refractivity contribution in [2.75, 3.05) is 0 Å². The second-order valence-corrected chi connectivity index (χ2v) is 2.61. The van der Waals surface area contributed by atoms with E-state index in [2.05, 4.69) is 4.74 Å². The van der Waals surface area contributed by atoms with Gasteiger partial charge in [0.15, 0.2) is 11.5 Å². The molecule has 1 rings (SSSR count). The number of hydrogen-bond acceptors (Lipinski definition) is 5. The van der Waals surface area contributed by atoms with Crippen molar-refractivity contribution in [1.29, 1.82) is 0 Å². The fraction of sp³-hybridized carbons (Fsp3) is 0. The molecule has 0 radical (unpaired) electrons. The van der Waals surface area contributed by atoms with E-state index in [1.165, 1.54) is 24.3 Å². The van der Waals surface area contributed by atoms with Crippen molar-refractivity contribution in [2.45, 2.75) is 0 Å². The molecule has 0 saturated heterocycles. The standard InChI is InChI=1S/C10H8O5/c11-6-15-10(14)4-2-7-1-3-8(12)9(13)5-7/h1-6,12-13H/b4-2+. The van der Waals surface area contributed by atoms with E-state index in [9.17, 15) is 9.59 Å². The number of carbonyl (C=O) groups excluding carboxylic acids is 2. The lowest BCUT2D eigenvalue weighted by atomic mass is 10.2. The third kappa shape index (κ3) is 3.15. The number of esters is 1. The van der Waals surface area contributed by atoms with Crippen LogP contribution >= 0.6 is 0 Å². The molecule has 0 aliphatic heterocycles. The summed E-state index contributed by atoms with van der Waals surface area (Å²) in [7, 11) is 0. The topological polar surface area (TPSA) is 83.8 Å². The van der Waals surface area contributed by atoms with Crippen molar-refractivity contribution in [1.82, 2.24) is 0 Å². The average Bonchev–Trinajstić information content (AvgIpc) is 2.20. The summed E-state index contributed by atoms with van der Waals surface area (Å²) in [5.74, 6) is -1.35. The fourth-order valence-corrected chi connectivity index (χ4v) is 0.895. The molecule has 0 amide bonds. The molecule has 0 aliphatic carbocycles. The van der Waals surface area contributed by atoms with Crippen LogP contribution in [-0.4, -0.2) is 22.7 Å². The Hall–Kier alpha value is -2.30. The summed E-state index contributed by atoms with van der Waals surface area (Å²) in [6, 6.07) is 4.03. The van der Waals surface area contributed by atoms with E-state index in [1.807, 2.05) is 0 Å². The van der Waals surface area contributed by atoms with E-state index in [-0.39, 0.29) is 18.0 Å². The predicted molar refractivity (Wildman–Crippen MR) is 51.0 cm³/mol. The first-order valence-corrected chi connectivity index (χ1v) is 3.98. The zero-order chi connectivity index (χ0) is 11.3. The maximum Gasteiger partial charge on any atom is 0.338 e. The van der Waals surface area contributed by atoms with Crippen LogP contribution in [0.25, 0.3) is 6.08 Å². The van der Waals surface area contributed by atoms with Crippen molar-refractivity contribution in [3.8, 4) is 11.5 Å². The van der Waals surface area contributed by atoms with Crippen LogP contribution in [0.5, 0.6) is 11.5 Å². The van der Waals surface area contributed by atoms with Crippen molar-refractivity contribution in [2.24, 2.45) is 0 Å². The van der Waals surface area contributed by atoms with Crippen molar-refractivity contribution in [3.63, 3.8) is 0 Å². The first-order valence-electron chi connectivity index (χ1n) is 3.98. The Kier molecular flexibility index (Phi) is 3.45. The lowest BCUT2D eigenvalue weighted by Gasteiger charge is -1.97. The van der Waals surface area contributed by atoms with Gasteiger partial charge in [0.1, 0.15) is 0 Å². The van der Waals surface area contributed by atoms with Gasteiger partial charge in [0.05, 0.1) is 0 Å². The SMILES string of the molecule is O=COC(=O)/C=C/c1ccc(O)c(O)c1. The first-order chi connectivity index (χ1) is 7.13. The second-order valence-electron chi connectivity index (χ2n) is 2.61. The molecule has 5 heteroatoms. The van der Waals surface area contributed by atoms with E-state index in [0.717, 1.165) is 6.08 Å². The molecule has 0 aliphatic rings. The number of benzene rings is 1. The molecular formula is C10H8O5. The third-order valence-electron chi connectivity index (χ3n) is 1.58. The molecule has 0 saturated carbocycles. The van der Waals surface area contributed by atoms with Gasteiger partial charge in [-0.15, -0.1) is 0 Å². The molecule has 1 aromatic carbocycles. The minimum atomic E-state index is -0.808. The summed E-state index contributed by atoms with van der Waals surface area (Å²) in [6.07, 6.45) is 2.37. The van der Waals surface area contributed by atoms with Gasteiger partial charge in [-0.3, -0.25) is 4.79 Å². The highest BCUT2D eigenvalue weighted by Crippen LogP contribution is 2.25. The van der Waals surface area contributed by atoms with Crippen LogP contribution in [0.15, 0.2) is 24.3 Å². The minimum Gasteiger partial charge on any atom is -0.504 e. The van der Waals surface area contributed by atoms with Crippen LogP contribution in [-0.2, 0) is 14.3 Å². The van der Waals surface area contributed by atoms with Crippen LogP contribution in [0.1, 0.15) is 5.56 Å². The highest BCUT2D eigenvalue weighted by Gasteiger charge is 1.99. The number of hydrogen-bond donors (Lipinski definition) is 2. The molecule has 5 nitrogen and oxygen atoms in total. The largest absolute Gasteiger partial charge is 0.504 e. The van der Waals surface area contributed by atoms with Crippen molar-refractivity contribution < 1.29 is 24.5 Å². The van der Waals surface area contributed by atoms with E-state index >= 15 is 0 Å². The summed E-state index contributed by atoms with van der Waals surface area (Å²) in [5, 5.41) is 18.1. The number of aromatic hydroxyl groups is 2. The number of phenolic OH excluding ortho intramolecular Hbond substituents is 2. The summed E-state index contributed by atoms with van der Waals surface area (Å²) in [6.45, 7) is 0.0287. The van der Waals surface area contributed by atoms with Crippen molar-refractivity contribution >= 4 is 18.5 Å². The lowest BCUT2D eigenvalue weighted by Crippen LogP contribution is -1.96. The average molecular weight is 208 g/mol. The fourth-order valence-electron chi connectivity index (χ4n) is 0.895. The Morgan fingerprint density at radius 2 is 2.00 bits per heavy atom. The van der Waals surface area contributed by atoms with Crippen LogP contribution in [0.2, 0.25) is 0 Å². The Morgan fingerprint density at radius 1 is 1.27 bits per heavy atom. The molecule has 15 heavy (non-hydrogen) atoms. The predicted octanol–water partition coefficient (Wildman–Crippen LogP) is 0.811. The van der Waals surface area contributed by atoms with Crippen LogP contribution < -0.4 is 0 Å². The van der Waals surface area contributed by atoms with E-state index in [1.54, 1.807) is 0 Å². The van der Waals surface area contributed by atoms with Gasteiger partial charge in [-0.2, -0.15) is 0 Å². The molecule has 0 aromatic heterocycles. The monoisotopic (exact) mass is 208 g/mol. The third-order valence-corrected chi connectivity index (χ3v) is 1.58. The van der Waals surface area contributed by atoms with Crippen molar-refractivity contribution in [3.05, 3.63) is 29.8 Å². The Bertz CT molecular complexity index is 408. The second kappa shape index (κ2) is 4.80. The molecule has 0 bridgehead atoms. The molecule has 78 valence electrons. The Labute approximate surface area is 85.2 Å². The van der Waals surface area contributed by atoms with E-state index < -0.39 is 5.97 Å². The van der Waals surface area contributed by atoms with Crippen LogP contribution in [0, 0.1) is 0 Å². The quantitative estimate of drug-likeness (QED) is 0.252. The van der Waals surface area contributed by atoms with Crippen LogP contribution in [0.3, 0.4) is 0 Å². The Morgan fingerprint density at radius 3 is 2.60 bits per heavy atom. The number of ether oxygens (including phenoxy) is 1. The maximum absolute atomic E-state index is 10.7. The zero-order valence-corrected chi connectivity index (χ0v) is 7.58.